The van der Waals surface area contributed by atoms with Gasteiger partial charge in [-0.3, -0.25) is 4.79 Å². The summed E-state index contributed by atoms with van der Waals surface area (Å²) < 4.78 is 25.8. The summed E-state index contributed by atoms with van der Waals surface area (Å²) in [6.07, 6.45) is 0.0881. The van der Waals surface area contributed by atoms with Crippen molar-refractivity contribution < 1.29 is 13.6 Å². The Bertz CT molecular complexity index is 614. The van der Waals surface area contributed by atoms with Crippen molar-refractivity contribution in [2.75, 3.05) is 5.75 Å². The number of carbonyl (C=O) groups excluding carboxylic acids is 1. The van der Waals surface area contributed by atoms with Crippen molar-refractivity contribution in [3.8, 4) is 0 Å². The number of carbonyl (C=O) groups is 1. The van der Waals surface area contributed by atoms with Crippen LogP contribution in [0.2, 0.25) is 5.02 Å². The van der Waals surface area contributed by atoms with Gasteiger partial charge in [-0.05, 0) is 48.0 Å². The second kappa shape index (κ2) is 6.86. The van der Waals surface area contributed by atoms with Gasteiger partial charge in [-0.25, -0.2) is 8.78 Å². The van der Waals surface area contributed by atoms with Gasteiger partial charge in [-0.2, -0.15) is 0 Å². The van der Waals surface area contributed by atoms with Gasteiger partial charge in [0.05, 0.1) is 5.75 Å². The fraction of sp³-hybridized carbons (Fsp3) is 0.133. The predicted octanol–water partition coefficient (Wildman–Crippen LogP) is 4.52. The first-order valence-electron chi connectivity index (χ1n) is 5.88. The van der Waals surface area contributed by atoms with E-state index < -0.39 is 5.82 Å². The highest BCUT2D eigenvalue weighted by molar-refractivity contribution is 8.00. The molecule has 1 nitrogen and oxygen atoms in total. The Labute approximate surface area is 125 Å². The van der Waals surface area contributed by atoms with Gasteiger partial charge in [-0.1, -0.05) is 11.6 Å². The van der Waals surface area contributed by atoms with Crippen molar-refractivity contribution in [1.82, 2.24) is 0 Å². The van der Waals surface area contributed by atoms with E-state index in [9.17, 15) is 13.6 Å². The number of Topliss-reactive ketones (excluding diaryl/α,β-unsaturated/α-hetero) is 1. The molecule has 0 unspecified atom stereocenters. The molecule has 0 heterocycles. The quantitative estimate of drug-likeness (QED) is 0.755. The first kappa shape index (κ1) is 15.0. The van der Waals surface area contributed by atoms with Crippen molar-refractivity contribution in [3.05, 3.63) is 64.7 Å². The van der Waals surface area contributed by atoms with Gasteiger partial charge >= 0.3 is 0 Å². The van der Waals surface area contributed by atoms with Crippen LogP contribution in [-0.2, 0) is 11.2 Å². The van der Waals surface area contributed by atoms with E-state index in [1.54, 1.807) is 12.1 Å². The van der Waals surface area contributed by atoms with Crippen LogP contribution >= 0.6 is 23.4 Å². The van der Waals surface area contributed by atoms with E-state index in [4.69, 9.17) is 11.6 Å². The fourth-order valence-electron chi connectivity index (χ4n) is 1.64. The number of thioether (sulfide) groups is 1. The molecule has 0 aromatic heterocycles. The van der Waals surface area contributed by atoms with Gasteiger partial charge in [0.25, 0.3) is 0 Å². The minimum Gasteiger partial charge on any atom is -0.298 e. The summed E-state index contributed by atoms with van der Waals surface area (Å²) in [5.41, 5.74) is 0.483. The largest absolute Gasteiger partial charge is 0.298 e. The number of hydrogen-bond donors (Lipinski definition) is 0. The molecule has 0 aliphatic carbocycles. The molecule has 0 radical (unpaired) electrons. The minimum absolute atomic E-state index is 0.0631. The van der Waals surface area contributed by atoms with Crippen molar-refractivity contribution in [2.45, 2.75) is 11.3 Å². The number of benzene rings is 2. The van der Waals surface area contributed by atoms with Gasteiger partial charge < -0.3 is 0 Å². The van der Waals surface area contributed by atoms with Crippen LogP contribution < -0.4 is 0 Å². The fourth-order valence-corrected chi connectivity index (χ4v) is 2.58. The van der Waals surface area contributed by atoms with Crippen LogP contribution in [0.3, 0.4) is 0 Å². The average Bonchev–Trinajstić information content (AvgIpc) is 2.42. The molecule has 0 amide bonds. The molecule has 0 N–H and O–H groups in total. The van der Waals surface area contributed by atoms with E-state index >= 15 is 0 Å². The lowest BCUT2D eigenvalue weighted by atomic mass is 10.1. The van der Waals surface area contributed by atoms with E-state index in [1.165, 1.54) is 42.1 Å². The molecule has 0 spiro atoms. The maximum absolute atomic E-state index is 13.1. The van der Waals surface area contributed by atoms with Crippen molar-refractivity contribution >= 4 is 29.1 Å². The minimum atomic E-state index is -0.414. The number of ketones is 1. The summed E-state index contributed by atoms with van der Waals surface area (Å²) in [4.78, 5) is 12.7. The van der Waals surface area contributed by atoms with E-state index in [0.717, 1.165) is 4.90 Å². The van der Waals surface area contributed by atoms with Gasteiger partial charge in [0.15, 0.2) is 0 Å². The van der Waals surface area contributed by atoms with Crippen LogP contribution in [-0.4, -0.2) is 11.5 Å². The molecule has 0 aliphatic heterocycles. The molecule has 104 valence electrons. The Kier molecular flexibility index (Phi) is 5.15. The normalized spacial score (nSPS) is 10.6. The molecule has 2 aromatic rings. The summed E-state index contributed by atoms with van der Waals surface area (Å²) in [5, 5.41) is 0.381. The summed E-state index contributed by atoms with van der Waals surface area (Å²) in [6, 6.07) is 9.87. The van der Waals surface area contributed by atoms with Crippen molar-refractivity contribution in [3.63, 3.8) is 0 Å². The summed E-state index contributed by atoms with van der Waals surface area (Å²) >= 11 is 7.22. The van der Waals surface area contributed by atoms with Crippen molar-refractivity contribution in [2.24, 2.45) is 0 Å². The first-order valence-corrected chi connectivity index (χ1v) is 7.25. The molecular formula is C15H11ClF2OS. The smallest absolute Gasteiger partial charge is 0.147 e. The predicted molar refractivity (Wildman–Crippen MR) is 77.2 cm³/mol. The maximum atomic E-state index is 13.1. The first-order chi connectivity index (χ1) is 9.54. The second-order valence-electron chi connectivity index (χ2n) is 4.19. The van der Waals surface area contributed by atoms with E-state index in [0.29, 0.717) is 10.6 Å². The topological polar surface area (TPSA) is 17.1 Å². The van der Waals surface area contributed by atoms with Gasteiger partial charge in [0, 0.05) is 16.3 Å². The zero-order valence-electron chi connectivity index (χ0n) is 10.4. The zero-order chi connectivity index (χ0) is 14.5. The van der Waals surface area contributed by atoms with Crippen LogP contribution in [0, 0.1) is 11.6 Å². The number of hydrogen-bond acceptors (Lipinski definition) is 2. The molecule has 5 heteroatoms. The van der Waals surface area contributed by atoms with Crippen molar-refractivity contribution in [1.29, 1.82) is 0 Å². The molecule has 2 aromatic carbocycles. The van der Waals surface area contributed by atoms with Crippen LogP contribution in [0.15, 0.2) is 47.4 Å². The molecule has 2 rings (SSSR count). The molecular weight excluding hydrogens is 302 g/mol. The molecule has 0 atom stereocenters. The Morgan fingerprint density at radius 2 is 1.70 bits per heavy atom. The van der Waals surface area contributed by atoms with Crippen LogP contribution in [0.5, 0.6) is 0 Å². The SMILES string of the molecule is O=C(CSc1ccc(F)cc1)Cc1cc(F)ccc1Cl. The third kappa shape index (κ3) is 4.32. The highest BCUT2D eigenvalue weighted by atomic mass is 35.5. The summed E-state index contributed by atoms with van der Waals surface area (Å²) in [6.45, 7) is 0. The van der Waals surface area contributed by atoms with Crippen LogP contribution in [0.25, 0.3) is 0 Å². The highest BCUT2D eigenvalue weighted by Crippen LogP contribution is 2.21. The lowest BCUT2D eigenvalue weighted by Gasteiger charge is -2.04. The molecule has 0 bridgehead atoms. The molecule has 0 aliphatic rings. The Balaban J connectivity index is 1.92. The zero-order valence-corrected chi connectivity index (χ0v) is 12.0. The monoisotopic (exact) mass is 312 g/mol. The van der Waals surface area contributed by atoms with Crippen LogP contribution in [0.4, 0.5) is 8.78 Å². The lowest BCUT2D eigenvalue weighted by Crippen LogP contribution is -2.06. The maximum Gasteiger partial charge on any atom is 0.147 e. The third-order valence-corrected chi connectivity index (χ3v) is 4.05. The summed E-state index contributed by atoms with van der Waals surface area (Å²) in [5.74, 6) is -0.555. The lowest BCUT2D eigenvalue weighted by molar-refractivity contribution is -0.116. The standard InChI is InChI=1S/C15H11ClF2OS/c16-15-6-3-12(18)7-10(15)8-13(19)9-20-14-4-1-11(17)2-5-14/h1-7H,8-9H2. The van der Waals surface area contributed by atoms with Gasteiger partial charge in [-0.15, -0.1) is 11.8 Å². The second-order valence-corrected chi connectivity index (χ2v) is 5.65. The highest BCUT2D eigenvalue weighted by Gasteiger charge is 2.09. The third-order valence-electron chi connectivity index (χ3n) is 2.61. The Morgan fingerprint density at radius 1 is 1.05 bits per heavy atom. The van der Waals surface area contributed by atoms with Gasteiger partial charge in [0.1, 0.15) is 17.4 Å². The van der Waals surface area contributed by atoms with Crippen LogP contribution in [0.1, 0.15) is 5.56 Å². The van der Waals surface area contributed by atoms with Gasteiger partial charge in [0.2, 0.25) is 0 Å². The number of rotatable bonds is 5. The number of halogens is 3. The summed E-state index contributed by atoms with van der Waals surface area (Å²) in [7, 11) is 0. The Hall–Kier alpha value is -1.39. The average molecular weight is 313 g/mol. The van der Waals surface area contributed by atoms with E-state index in [2.05, 4.69) is 0 Å². The van der Waals surface area contributed by atoms with E-state index in [-0.39, 0.29) is 23.8 Å². The molecule has 0 fully saturated rings. The molecule has 0 saturated heterocycles. The molecule has 20 heavy (non-hydrogen) atoms. The Morgan fingerprint density at radius 3 is 2.40 bits per heavy atom. The molecule has 0 saturated carbocycles. The van der Waals surface area contributed by atoms with E-state index in [1.807, 2.05) is 0 Å².